The van der Waals surface area contributed by atoms with E-state index >= 15 is 0 Å². The van der Waals surface area contributed by atoms with Crippen molar-refractivity contribution in [3.63, 3.8) is 0 Å². The Hall–Kier alpha value is -2.36. The number of carbonyl (C=O) groups excluding carboxylic acids is 1. The van der Waals surface area contributed by atoms with E-state index in [4.69, 9.17) is 11.5 Å². The molecule has 4 heteroatoms. The number of rotatable bonds is 2. The maximum atomic E-state index is 12.2. The molecular weight excluding hydrogens is 214 g/mol. The number of anilines is 2. The standard InChI is InChI=1S/C13H13N3O/c1-8-2-3-9(6-12(8)15)13(17)10-7-16-5-4-11(10)14/h2-7H,15H2,1H3,(H2,14,16). The minimum absolute atomic E-state index is 0.165. The molecule has 2 rings (SSSR count). The number of hydrogen-bond donors (Lipinski definition) is 2. The van der Waals surface area contributed by atoms with Gasteiger partial charge in [0.25, 0.3) is 0 Å². The molecule has 1 aromatic carbocycles. The second kappa shape index (κ2) is 4.25. The molecule has 0 atom stereocenters. The predicted molar refractivity (Wildman–Crippen MR) is 67.7 cm³/mol. The summed E-state index contributed by atoms with van der Waals surface area (Å²) >= 11 is 0. The van der Waals surface area contributed by atoms with Crippen LogP contribution in [-0.4, -0.2) is 10.8 Å². The first kappa shape index (κ1) is 11.1. The second-order valence-corrected chi connectivity index (χ2v) is 3.86. The highest BCUT2D eigenvalue weighted by atomic mass is 16.1. The monoisotopic (exact) mass is 227 g/mol. The van der Waals surface area contributed by atoms with Crippen molar-refractivity contribution in [2.45, 2.75) is 6.92 Å². The summed E-state index contributed by atoms with van der Waals surface area (Å²) < 4.78 is 0. The van der Waals surface area contributed by atoms with Crippen LogP contribution in [0.4, 0.5) is 11.4 Å². The number of aryl methyl sites for hydroxylation is 1. The maximum Gasteiger partial charge on any atom is 0.196 e. The minimum Gasteiger partial charge on any atom is -0.398 e. The van der Waals surface area contributed by atoms with E-state index in [2.05, 4.69) is 4.98 Å². The highest BCUT2D eigenvalue weighted by molar-refractivity contribution is 6.12. The Balaban J connectivity index is 2.44. The number of benzene rings is 1. The Morgan fingerprint density at radius 2 is 1.94 bits per heavy atom. The first-order valence-electron chi connectivity index (χ1n) is 5.20. The maximum absolute atomic E-state index is 12.2. The van der Waals surface area contributed by atoms with Gasteiger partial charge in [-0.1, -0.05) is 12.1 Å². The van der Waals surface area contributed by atoms with Crippen molar-refractivity contribution in [3.05, 3.63) is 53.3 Å². The Labute approximate surface area is 99.3 Å². The van der Waals surface area contributed by atoms with Crippen molar-refractivity contribution in [1.82, 2.24) is 4.98 Å². The Kier molecular flexibility index (Phi) is 2.78. The molecule has 4 N–H and O–H groups in total. The molecule has 17 heavy (non-hydrogen) atoms. The van der Waals surface area contributed by atoms with Gasteiger partial charge in [0.1, 0.15) is 0 Å². The average Bonchev–Trinajstić information content (AvgIpc) is 2.32. The zero-order valence-corrected chi connectivity index (χ0v) is 9.47. The summed E-state index contributed by atoms with van der Waals surface area (Å²) in [6, 6.07) is 6.81. The highest BCUT2D eigenvalue weighted by Crippen LogP contribution is 2.18. The first-order valence-corrected chi connectivity index (χ1v) is 5.20. The van der Waals surface area contributed by atoms with Crippen LogP contribution in [0.15, 0.2) is 36.7 Å². The predicted octanol–water partition coefficient (Wildman–Crippen LogP) is 1.79. The summed E-state index contributed by atoms with van der Waals surface area (Å²) in [4.78, 5) is 16.1. The lowest BCUT2D eigenvalue weighted by Gasteiger charge is -2.06. The number of nitrogens with zero attached hydrogens (tertiary/aromatic N) is 1. The molecule has 0 aliphatic rings. The van der Waals surface area contributed by atoms with Gasteiger partial charge >= 0.3 is 0 Å². The van der Waals surface area contributed by atoms with E-state index in [9.17, 15) is 4.79 Å². The van der Waals surface area contributed by atoms with Gasteiger partial charge in [0.05, 0.1) is 5.56 Å². The lowest BCUT2D eigenvalue weighted by molar-refractivity contribution is 0.103. The molecule has 0 saturated carbocycles. The van der Waals surface area contributed by atoms with Crippen molar-refractivity contribution in [2.75, 3.05) is 11.5 Å². The van der Waals surface area contributed by atoms with Gasteiger partial charge in [-0.3, -0.25) is 9.78 Å². The summed E-state index contributed by atoms with van der Waals surface area (Å²) in [6.45, 7) is 1.89. The van der Waals surface area contributed by atoms with Crippen LogP contribution in [0.25, 0.3) is 0 Å². The van der Waals surface area contributed by atoms with Crippen LogP contribution < -0.4 is 11.5 Å². The molecular formula is C13H13N3O. The molecule has 86 valence electrons. The summed E-state index contributed by atoms with van der Waals surface area (Å²) in [6.07, 6.45) is 3.02. The molecule has 0 aliphatic heterocycles. The van der Waals surface area contributed by atoms with E-state index in [-0.39, 0.29) is 5.78 Å². The molecule has 4 nitrogen and oxygen atoms in total. The van der Waals surface area contributed by atoms with Crippen molar-refractivity contribution in [2.24, 2.45) is 0 Å². The molecule has 0 spiro atoms. The van der Waals surface area contributed by atoms with Crippen LogP contribution in [0, 0.1) is 6.92 Å². The van der Waals surface area contributed by atoms with Crippen LogP contribution in [-0.2, 0) is 0 Å². The lowest BCUT2D eigenvalue weighted by Crippen LogP contribution is -2.06. The van der Waals surface area contributed by atoms with Crippen LogP contribution in [0.2, 0.25) is 0 Å². The topological polar surface area (TPSA) is 82.0 Å². The van der Waals surface area contributed by atoms with E-state index in [0.29, 0.717) is 22.5 Å². The van der Waals surface area contributed by atoms with Gasteiger partial charge in [0, 0.05) is 29.3 Å². The first-order chi connectivity index (χ1) is 8.09. The van der Waals surface area contributed by atoms with Gasteiger partial charge in [-0.05, 0) is 24.6 Å². The fourth-order valence-corrected chi connectivity index (χ4v) is 1.53. The molecule has 0 amide bonds. The van der Waals surface area contributed by atoms with E-state index in [0.717, 1.165) is 5.56 Å². The zero-order valence-electron chi connectivity index (χ0n) is 9.47. The number of aromatic nitrogens is 1. The molecule has 0 saturated heterocycles. The number of ketones is 1. The summed E-state index contributed by atoms with van der Waals surface area (Å²) in [7, 11) is 0. The number of carbonyl (C=O) groups is 1. The van der Waals surface area contributed by atoms with Gasteiger partial charge in [-0.25, -0.2) is 0 Å². The minimum atomic E-state index is -0.165. The van der Waals surface area contributed by atoms with Crippen molar-refractivity contribution in [3.8, 4) is 0 Å². The summed E-state index contributed by atoms with van der Waals surface area (Å²) in [5.74, 6) is -0.165. The quantitative estimate of drug-likeness (QED) is 0.605. The van der Waals surface area contributed by atoms with Crippen LogP contribution in [0.3, 0.4) is 0 Å². The second-order valence-electron chi connectivity index (χ2n) is 3.86. The largest absolute Gasteiger partial charge is 0.398 e. The molecule has 0 bridgehead atoms. The summed E-state index contributed by atoms with van der Waals surface area (Å²) in [5.41, 5.74) is 14.4. The molecule has 0 fully saturated rings. The fraction of sp³-hybridized carbons (Fsp3) is 0.0769. The zero-order chi connectivity index (χ0) is 12.4. The van der Waals surface area contributed by atoms with Gasteiger partial charge in [-0.2, -0.15) is 0 Å². The Morgan fingerprint density at radius 3 is 2.59 bits per heavy atom. The van der Waals surface area contributed by atoms with Gasteiger partial charge in [0.15, 0.2) is 5.78 Å². The van der Waals surface area contributed by atoms with Crippen molar-refractivity contribution in [1.29, 1.82) is 0 Å². The lowest BCUT2D eigenvalue weighted by atomic mass is 10.0. The highest BCUT2D eigenvalue weighted by Gasteiger charge is 2.12. The Bertz CT molecular complexity index is 579. The third kappa shape index (κ3) is 2.10. The Morgan fingerprint density at radius 1 is 1.18 bits per heavy atom. The molecule has 2 aromatic rings. The van der Waals surface area contributed by atoms with E-state index in [1.807, 2.05) is 13.0 Å². The van der Waals surface area contributed by atoms with E-state index < -0.39 is 0 Å². The van der Waals surface area contributed by atoms with Gasteiger partial charge in [-0.15, -0.1) is 0 Å². The van der Waals surface area contributed by atoms with Crippen molar-refractivity contribution >= 4 is 17.2 Å². The van der Waals surface area contributed by atoms with Gasteiger partial charge < -0.3 is 11.5 Å². The third-order valence-electron chi connectivity index (χ3n) is 2.64. The number of pyridine rings is 1. The van der Waals surface area contributed by atoms with Gasteiger partial charge in [0.2, 0.25) is 0 Å². The van der Waals surface area contributed by atoms with Crippen LogP contribution in [0.1, 0.15) is 21.5 Å². The van der Waals surface area contributed by atoms with E-state index in [1.165, 1.54) is 6.20 Å². The smallest absolute Gasteiger partial charge is 0.196 e. The molecule has 0 aliphatic carbocycles. The third-order valence-corrected chi connectivity index (χ3v) is 2.64. The van der Waals surface area contributed by atoms with E-state index in [1.54, 1.807) is 24.4 Å². The van der Waals surface area contributed by atoms with Crippen LogP contribution in [0.5, 0.6) is 0 Å². The fourth-order valence-electron chi connectivity index (χ4n) is 1.53. The number of nitrogens with two attached hydrogens (primary N) is 2. The number of hydrogen-bond acceptors (Lipinski definition) is 4. The van der Waals surface area contributed by atoms with Crippen LogP contribution >= 0.6 is 0 Å². The SMILES string of the molecule is Cc1ccc(C(=O)c2cnccc2N)cc1N. The molecule has 0 unspecified atom stereocenters. The molecule has 1 heterocycles. The normalized spacial score (nSPS) is 10.2. The molecule has 1 aromatic heterocycles. The van der Waals surface area contributed by atoms with Crippen molar-refractivity contribution < 1.29 is 4.79 Å². The average molecular weight is 227 g/mol. The molecule has 0 radical (unpaired) electrons. The number of nitrogen functional groups attached to an aromatic ring is 2. The summed E-state index contributed by atoms with van der Waals surface area (Å²) in [5, 5.41) is 0.